The number of rotatable bonds is 7. The van der Waals surface area contributed by atoms with Crippen LogP contribution < -0.4 is 9.47 Å². The average molecular weight is 414 g/mol. The lowest BCUT2D eigenvalue weighted by molar-refractivity contribution is -0.134. The fraction of sp³-hybridized carbons (Fsp3) is 0.286. The highest BCUT2D eigenvalue weighted by Gasteiger charge is 2.22. The smallest absolute Gasteiger partial charge is 0.337 e. The van der Waals surface area contributed by atoms with E-state index in [4.69, 9.17) is 14.2 Å². The molecule has 0 saturated carbocycles. The lowest BCUT2D eigenvalue weighted by Crippen LogP contribution is -2.33. The van der Waals surface area contributed by atoms with Crippen LogP contribution in [0.2, 0.25) is 0 Å². The number of carbonyl (C=O) groups excluding carboxylic acids is 2. The Hall–Kier alpha value is -3.13. The Morgan fingerprint density at radius 2 is 1.90 bits per heavy atom. The lowest BCUT2D eigenvalue weighted by Gasteiger charge is -2.23. The highest BCUT2D eigenvalue weighted by atomic mass is 32.1. The van der Waals surface area contributed by atoms with Crippen molar-refractivity contribution < 1.29 is 23.8 Å². The molecule has 0 fully saturated rings. The van der Waals surface area contributed by atoms with E-state index in [2.05, 4.69) is 4.98 Å². The molecule has 0 aliphatic rings. The molecule has 1 atom stereocenters. The van der Waals surface area contributed by atoms with Gasteiger partial charge in [-0.15, -0.1) is 11.3 Å². The summed E-state index contributed by atoms with van der Waals surface area (Å²) in [4.78, 5) is 30.5. The van der Waals surface area contributed by atoms with Crippen LogP contribution in [-0.4, -0.2) is 49.6 Å². The van der Waals surface area contributed by atoms with Gasteiger partial charge in [0.05, 0.1) is 36.0 Å². The molecule has 0 unspecified atom stereocenters. The highest BCUT2D eigenvalue weighted by Crippen LogP contribution is 2.30. The minimum Gasteiger partial charge on any atom is -0.493 e. The van der Waals surface area contributed by atoms with E-state index in [0.717, 1.165) is 15.2 Å². The molecule has 1 amide bonds. The van der Waals surface area contributed by atoms with Gasteiger partial charge >= 0.3 is 5.97 Å². The van der Waals surface area contributed by atoms with E-state index in [0.29, 0.717) is 17.1 Å². The number of benzene rings is 2. The van der Waals surface area contributed by atoms with Crippen LogP contribution in [-0.2, 0) is 9.53 Å². The van der Waals surface area contributed by atoms with Gasteiger partial charge in [-0.05, 0) is 37.3 Å². The number of esters is 1. The van der Waals surface area contributed by atoms with Crippen LogP contribution in [0.1, 0.15) is 28.3 Å². The summed E-state index contributed by atoms with van der Waals surface area (Å²) in [6.45, 7) is 1.76. The Morgan fingerprint density at radius 3 is 2.59 bits per heavy atom. The maximum atomic E-state index is 12.6. The monoisotopic (exact) mass is 414 g/mol. The van der Waals surface area contributed by atoms with Crippen molar-refractivity contribution in [2.45, 2.75) is 13.0 Å². The first-order chi connectivity index (χ1) is 13.9. The van der Waals surface area contributed by atoms with Gasteiger partial charge in [0.15, 0.2) is 18.1 Å². The van der Waals surface area contributed by atoms with Gasteiger partial charge in [0.2, 0.25) is 0 Å². The van der Waals surface area contributed by atoms with Crippen molar-refractivity contribution in [1.82, 2.24) is 9.88 Å². The number of aromatic nitrogens is 1. The molecule has 152 valence electrons. The molecular weight excluding hydrogens is 392 g/mol. The maximum Gasteiger partial charge on any atom is 0.337 e. The molecule has 0 aliphatic carbocycles. The third-order valence-electron chi connectivity index (χ3n) is 4.58. The van der Waals surface area contributed by atoms with Crippen LogP contribution in [0.3, 0.4) is 0 Å². The van der Waals surface area contributed by atoms with E-state index in [1.807, 2.05) is 31.2 Å². The van der Waals surface area contributed by atoms with Crippen LogP contribution >= 0.6 is 11.3 Å². The van der Waals surface area contributed by atoms with Gasteiger partial charge in [-0.1, -0.05) is 12.1 Å². The SMILES string of the molecule is COC(=O)c1ccc(OCC(=O)N(C)[C@H](C)c2nc3ccccc3s2)c(OC)c1. The van der Waals surface area contributed by atoms with Gasteiger partial charge in [0, 0.05) is 7.05 Å². The second-order valence-electron chi connectivity index (χ2n) is 6.35. The number of methoxy groups -OCH3 is 2. The summed E-state index contributed by atoms with van der Waals surface area (Å²) < 4.78 is 16.7. The number of hydrogen-bond donors (Lipinski definition) is 0. The van der Waals surface area contributed by atoms with E-state index in [1.54, 1.807) is 35.4 Å². The van der Waals surface area contributed by atoms with E-state index in [1.165, 1.54) is 20.3 Å². The zero-order valence-electron chi connectivity index (χ0n) is 16.7. The van der Waals surface area contributed by atoms with Gasteiger partial charge in [0.25, 0.3) is 5.91 Å². The van der Waals surface area contributed by atoms with Gasteiger partial charge < -0.3 is 19.1 Å². The standard InChI is InChI=1S/C21H22N2O5S/c1-13(20-22-15-7-5-6-8-18(15)29-20)23(2)19(24)12-28-16-10-9-14(21(25)27-4)11-17(16)26-3/h5-11,13H,12H2,1-4H3/t13-/m1/s1. The molecule has 0 aliphatic heterocycles. The van der Waals surface area contributed by atoms with Crippen LogP contribution in [0, 0.1) is 0 Å². The maximum absolute atomic E-state index is 12.6. The number of amides is 1. The number of carbonyl (C=O) groups is 2. The first-order valence-corrected chi connectivity index (χ1v) is 9.76. The molecule has 3 aromatic rings. The van der Waals surface area contributed by atoms with Crippen molar-refractivity contribution >= 4 is 33.4 Å². The molecule has 7 nitrogen and oxygen atoms in total. The third kappa shape index (κ3) is 4.48. The summed E-state index contributed by atoms with van der Waals surface area (Å²) in [6, 6.07) is 12.3. The number of likely N-dealkylation sites (N-methyl/N-ethyl adjacent to an activating group) is 1. The minimum atomic E-state index is -0.477. The lowest BCUT2D eigenvalue weighted by atomic mass is 10.2. The van der Waals surface area contributed by atoms with Gasteiger partial charge in [-0.3, -0.25) is 4.79 Å². The topological polar surface area (TPSA) is 78.0 Å². The Kier molecular flexibility index (Phi) is 6.33. The first-order valence-electron chi connectivity index (χ1n) is 8.95. The summed E-state index contributed by atoms with van der Waals surface area (Å²) in [5, 5.41) is 0.863. The molecule has 3 rings (SSSR count). The Morgan fingerprint density at radius 1 is 1.14 bits per heavy atom. The van der Waals surface area contributed by atoms with Crippen LogP contribution in [0.15, 0.2) is 42.5 Å². The predicted molar refractivity (Wildman–Crippen MR) is 111 cm³/mol. The quantitative estimate of drug-likeness (QED) is 0.549. The molecule has 0 radical (unpaired) electrons. The zero-order chi connectivity index (χ0) is 21.0. The number of ether oxygens (including phenoxy) is 3. The summed E-state index contributed by atoms with van der Waals surface area (Å²) >= 11 is 1.57. The summed E-state index contributed by atoms with van der Waals surface area (Å²) in [5.41, 5.74) is 1.26. The molecule has 0 spiro atoms. The van der Waals surface area contributed by atoms with Crippen molar-refractivity contribution in [1.29, 1.82) is 0 Å². The summed E-state index contributed by atoms with van der Waals surface area (Å²) in [5.74, 6) is 0.0447. The van der Waals surface area contributed by atoms with Crippen molar-refractivity contribution in [3.8, 4) is 11.5 Å². The molecule has 29 heavy (non-hydrogen) atoms. The molecule has 0 saturated heterocycles. The molecular formula is C21H22N2O5S. The number of hydrogen-bond acceptors (Lipinski definition) is 7. The molecule has 1 heterocycles. The molecule has 1 aromatic heterocycles. The second-order valence-corrected chi connectivity index (χ2v) is 7.41. The van der Waals surface area contributed by atoms with Crippen molar-refractivity contribution in [3.63, 3.8) is 0 Å². The van der Waals surface area contributed by atoms with Gasteiger partial charge in [-0.2, -0.15) is 0 Å². The summed E-state index contributed by atoms with van der Waals surface area (Å²) in [7, 11) is 4.49. The molecule has 2 aromatic carbocycles. The average Bonchev–Trinajstić information content (AvgIpc) is 3.19. The second kappa shape index (κ2) is 8.91. The molecule has 0 bridgehead atoms. The van der Waals surface area contributed by atoms with E-state index < -0.39 is 5.97 Å². The van der Waals surface area contributed by atoms with Crippen molar-refractivity contribution in [3.05, 3.63) is 53.0 Å². The number of thiazole rings is 1. The fourth-order valence-electron chi connectivity index (χ4n) is 2.72. The van der Waals surface area contributed by atoms with E-state index in [-0.39, 0.29) is 18.6 Å². The predicted octanol–water partition coefficient (Wildman–Crippen LogP) is 3.69. The van der Waals surface area contributed by atoms with Crippen LogP contribution in [0.5, 0.6) is 11.5 Å². The molecule has 8 heteroatoms. The Bertz CT molecular complexity index is 1000. The zero-order valence-corrected chi connectivity index (χ0v) is 17.5. The molecule has 0 N–H and O–H groups in total. The largest absolute Gasteiger partial charge is 0.493 e. The number of nitrogens with zero attached hydrogens (tertiary/aromatic N) is 2. The number of para-hydroxylation sites is 1. The van der Waals surface area contributed by atoms with Crippen LogP contribution in [0.4, 0.5) is 0 Å². The highest BCUT2D eigenvalue weighted by molar-refractivity contribution is 7.18. The van der Waals surface area contributed by atoms with E-state index in [9.17, 15) is 9.59 Å². The van der Waals surface area contributed by atoms with Crippen LogP contribution in [0.25, 0.3) is 10.2 Å². The van der Waals surface area contributed by atoms with Crippen molar-refractivity contribution in [2.24, 2.45) is 0 Å². The van der Waals surface area contributed by atoms with Gasteiger partial charge in [-0.25, -0.2) is 9.78 Å². The normalized spacial score (nSPS) is 11.7. The Balaban J connectivity index is 1.67. The first kappa shape index (κ1) is 20.6. The Labute approximate surface area is 172 Å². The summed E-state index contributed by atoms with van der Waals surface area (Å²) in [6.07, 6.45) is 0. The van der Waals surface area contributed by atoms with Gasteiger partial charge in [0.1, 0.15) is 5.01 Å². The van der Waals surface area contributed by atoms with Crippen molar-refractivity contribution in [2.75, 3.05) is 27.9 Å². The van der Waals surface area contributed by atoms with E-state index >= 15 is 0 Å². The minimum absolute atomic E-state index is 0.167. The fourth-order valence-corrected chi connectivity index (χ4v) is 3.79. The number of fused-ring (bicyclic) bond motifs is 1. The third-order valence-corrected chi connectivity index (χ3v) is 5.78.